The zero-order chi connectivity index (χ0) is 27.0. The van der Waals surface area contributed by atoms with Crippen molar-refractivity contribution in [2.24, 2.45) is 0 Å². The van der Waals surface area contributed by atoms with Crippen molar-refractivity contribution in [3.63, 3.8) is 0 Å². The first kappa shape index (κ1) is 25.3. The van der Waals surface area contributed by atoms with Crippen molar-refractivity contribution in [2.75, 3.05) is 25.0 Å². The third-order valence-corrected chi connectivity index (χ3v) is 6.16. The van der Waals surface area contributed by atoms with Gasteiger partial charge in [-0.3, -0.25) is 19.1 Å². The number of nitrogens with one attached hydrogen (secondary N) is 2. The molecule has 1 aromatic carbocycles. The highest BCUT2D eigenvalue weighted by molar-refractivity contribution is 5.95. The molecule has 1 amide bonds. The highest BCUT2D eigenvalue weighted by Gasteiger charge is 2.48. The number of alkyl halides is 3. The summed E-state index contributed by atoms with van der Waals surface area (Å²) in [6.45, 7) is 2.58. The maximum absolute atomic E-state index is 14.4. The Balaban J connectivity index is 1.58. The molecule has 1 unspecified atom stereocenters. The van der Waals surface area contributed by atoms with Crippen LogP contribution in [0.4, 0.5) is 24.7 Å². The first-order chi connectivity index (χ1) is 18.1. The van der Waals surface area contributed by atoms with Crippen molar-refractivity contribution in [1.82, 2.24) is 34.9 Å². The molecule has 0 spiro atoms. The first-order valence-corrected chi connectivity index (χ1v) is 11.7. The van der Waals surface area contributed by atoms with Gasteiger partial charge in [0.05, 0.1) is 29.0 Å². The molecule has 2 N–H and O–H groups in total. The van der Waals surface area contributed by atoms with Crippen LogP contribution in [0.25, 0.3) is 16.9 Å². The number of nitrogens with zero attached hydrogens (tertiary/aromatic N) is 6. The van der Waals surface area contributed by atoms with Gasteiger partial charge in [0.1, 0.15) is 12.1 Å². The van der Waals surface area contributed by atoms with Crippen LogP contribution in [0.5, 0.6) is 0 Å². The second kappa shape index (κ2) is 9.82. The lowest BCUT2D eigenvalue weighted by atomic mass is 10.0. The molecule has 1 aliphatic rings. The highest BCUT2D eigenvalue weighted by Crippen LogP contribution is 2.39. The average Bonchev–Trinajstić information content (AvgIpc) is 3.28. The number of hydrogen-bond donors (Lipinski definition) is 2. The normalized spacial score (nSPS) is 15.3. The number of rotatable bonds is 6. The predicted octanol–water partition coefficient (Wildman–Crippen LogP) is 3.50. The van der Waals surface area contributed by atoms with Crippen molar-refractivity contribution in [1.29, 1.82) is 0 Å². The molecule has 3 aromatic heterocycles. The van der Waals surface area contributed by atoms with Crippen LogP contribution in [0.2, 0.25) is 0 Å². The van der Waals surface area contributed by atoms with E-state index in [1.54, 1.807) is 28.8 Å². The number of aromatic nitrogens is 5. The first-order valence-electron chi connectivity index (χ1n) is 11.7. The summed E-state index contributed by atoms with van der Waals surface area (Å²) in [6.07, 6.45) is -3.33. The number of halogens is 3. The van der Waals surface area contributed by atoms with E-state index < -0.39 is 36.1 Å². The number of piperazine rings is 1. The fraction of sp³-hybridized carbons (Fsp3) is 0.280. The predicted molar refractivity (Wildman–Crippen MR) is 132 cm³/mol. The molecule has 0 saturated carbocycles. The average molecular weight is 525 g/mol. The largest absolute Gasteiger partial charge is 0.409 e. The Bertz CT molecular complexity index is 1520. The van der Waals surface area contributed by atoms with Crippen LogP contribution in [-0.2, 0) is 4.79 Å². The zero-order valence-corrected chi connectivity index (χ0v) is 20.5. The number of imidazole rings is 1. The van der Waals surface area contributed by atoms with E-state index in [0.717, 1.165) is 10.6 Å². The molecule has 13 heteroatoms. The standard InChI is InChI=1S/C25H23F3N8O2/c1-14-3-7-20(34-33-14)31-16-4-6-18-19(11-16)36(13-30-18)21-8-5-17(15(2)37)23(32-21)24(25(26,27)28)35-10-9-29-22(38)12-35/h3-8,11,13,24H,9-10,12H2,1-2H3,(H,29,38)(H,31,34). The topological polar surface area (TPSA) is 118 Å². The maximum Gasteiger partial charge on any atom is 0.409 e. The van der Waals surface area contributed by atoms with Crippen LogP contribution >= 0.6 is 0 Å². The van der Waals surface area contributed by atoms with Gasteiger partial charge < -0.3 is 10.6 Å². The Morgan fingerprint density at radius 3 is 2.63 bits per heavy atom. The SMILES string of the molecule is CC(=O)c1ccc(-n2cnc3ccc(Nc4ccc(C)nn4)cc32)nc1C(N1CCNC(=O)C1)C(F)(F)F. The fourth-order valence-corrected chi connectivity index (χ4v) is 4.40. The van der Waals surface area contributed by atoms with Crippen molar-refractivity contribution in [2.45, 2.75) is 26.1 Å². The van der Waals surface area contributed by atoms with Crippen LogP contribution in [0.1, 0.15) is 34.7 Å². The summed E-state index contributed by atoms with van der Waals surface area (Å²) in [5.74, 6) is -0.415. The van der Waals surface area contributed by atoms with Gasteiger partial charge in [-0.05, 0) is 56.3 Å². The third kappa shape index (κ3) is 5.05. The van der Waals surface area contributed by atoms with Crippen molar-refractivity contribution in [3.05, 3.63) is 65.7 Å². The molecule has 1 aliphatic heterocycles. The van der Waals surface area contributed by atoms with Gasteiger partial charge in [-0.2, -0.15) is 18.3 Å². The van der Waals surface area contributed by atoms with Gasteiger partial charge in [-0.25, -0.2) is 9.97 Å². The Morgan fingerprint density at radius 1 is 1.13 bits per heavy atom. The molecular weight excluding hydrogens is 501 g/mol. The van der Waals surface area contributed by atoms with Crippen LogP contribution in [-0.4, -0.2) is 67.1 Å². The lowest BCUT2D eigenvalue weighted by molar-refractivity contribution is -0.189. The molecule has 4 aromatic rings. The van der Waals surface area contributed by atoms with Gasteiger partial charge in [0.2, 0.25) is 5.91 Å². The van der Waals surface area contributed by atoms with Gasteiger partial charge in [-0.15, -0.1) is 5.10 Å². The summed E-state index contributed by atoms with van der Waals surface area (Å²) in [6, 6.07) is 9.46. The van der Waals surface area contributed by atoms with Crippen molar-refractivity contribution < 1.29 is 22.8 Å². The lowest BCUT2D eigenvalue weighted by Crippen LogP contribution is -2.52. The number of pyridine rings is 1. The number of amides is 1. The number of fused-ring (bicyclic) bond motifs is 1. The number of ketones is 1. The smallest absolute Gasteiger partial charge is 0.354 e. The number of Topliss-reactive ketones (excluding diaryl/α,β-unsaturated/α-hetero) is 1. The van der Waals surface area contributed by atoms with E-state index in [1.165, 1.54) is 25.4 Å². The summed E-state index contributed by atoms with van der Waals surface area (Å²) in [5, 5.41) is 13.8. The number of anilines is 2. The molecule has 10 nitrogen and oxygen atoms in total. The lowest BCUT2D eigenvalue weighted by Gasteiger charge is -2.35. The second-order valence-electron chi connectivity index (χ2n) is 8.93. The molecule has 0 aliphatic carbocycles. The van der Waals surface area contributed by atoms with Crippen LogP contribution < -0.4 is 10.6 Å². The van der Waals surface area contributed by atoms with E-state index in [1.807, 2.05) is 13.0 Å². The molecule has 4 heterocycles. The monoisotopic (exact) mass is 524 g/mol. The van der Waals surface area contributed by atoms with Gasteiger partial charge in [0, 0.05) is 24.3 Å². The summed E-state index contributed by atoms with van der Waals surface area (Å²) in [4.78, 5) is 33.9. The molecule has 1 atom stereocenters. The van der Waals surface area contributed by atoms with Crippen LogP contribution in [0.15, 0.2) is 48.8 Å². The van der Waals surface area contributed by atoms with E-state index >= 15 is 0 Å². The molecule has 196 valence electrons. The Morgan fingerprint density at radius 2 is 1.95 bits per heavy atom. The molecule has 0 radical (unpaired) electrons. The second-order valence-corrected chi connectivity index (χ2v) is 8.93. The van der Waals surface area contributed by atoms with E-state index in [4.69, 9.17) is 0 Å². The molecular formula is C25H23F3N8O2. The summed E-state index contributed by atoms with van der Waals surface area (Å²) in [5.41, 5.74) is 1.97. The van der Waals surface area contributed by atoms with Crippen LogP contribution in [0, 0.1) is 6.92 Å². The Kier molecular flexibility index (Phi) is 6.53. The van der Waals surface area contributed by atoms with Gasteiger partial charge in [-0.1, -0.05) is 0 Å². The molecule has 1 fully saturated rings. The summed E-state index contributed by atoms with van der Waals surface area (Å²) >= 11 is 0. The zero-order valence-electron chi connectivity index (χ0n) is 20.5. The third-order valence-electron chi connectivity index (χ3n) is 6.16. The molecule has 1 saturated heterocycles. The van der Waals surface area contributed by atoms with E-state index in [0.29, 0.717) is 22.5 Å². The van der Waals surface area contributed by atoms with Gasteiger partial charge in [0.25, 0.3) is 0 Å². The number of aryl methyl sites for hydroxylation is 1. The summed E-state index contributed by atoms with van der Waals surface area (Å²) in [7, 11) is 0. The minimum Gasteiger partial charge on any atom is -0.354 e. The van der Waals surface area contributed by atoms with E-state index in [-0.39, 0.29) is 24.5 Å². The van der Waals surface area contributed by atoms with E-state index in [9.17, 15) is 22.8 Å². The van der Waals surface area contributed by atoms with Gasteiger partial charge >= 0.3 is 6.18 Å². The Labute approximate surface area is 214 Å². The molecule has 5 rings (SSSR count). The summed E-state index contributed by atoms with van der Waals surface area (Å²) < 4.78 is 44.8. The van der Waals surface area contributed by atoms with E-state index in [2.05, 4.69) is 30.8 Å². The maximum atomic E-state index is 14.4. The van der Waals surface area contributed by atoms with Crippen LogP contribution in [0.3, 0.4) is 0 Å². The fourth-order valence-electron chi connectivity index (χ4n) is 4.40. The highest BCUT2D eigenvalue weighted by atomic mass is 19.4. The Hall–Kier alpha value is -4.39. The number of benzene rings is 1. The number of carbonyl (C=O) groups excluding carboxylic acids is 2. The number of hydrogen-bond acceptors (Lipinski definition) is 8. The molecule has 0 bridgehead atoms. The molecule has 38 heavy (non-hydrogen) atoms. The minimum absolute atomic E-state index is 0.0376. The minimum atomic E-state index is -4.78. The van der Waals surface area contributed by atoms with Crippen molar-refractivity contribution in [3.8, 4) is 5.82 Å². The van der Waals surface area contributed by atoms with Crippen molar-refractivity contribution >= 4 is 34.2 Å². The quantitative estimate of drug-likeness (QED) is 0.368. The van der Waals surface area contributed by atoms with Gasteiger partial charge in [0.15, 0.2) is 17.6 Å². The number of carbonyl (C=O) groups is 2.